The fourth-order valence-corrected chi connectivity index (χ4v) is 20.7. The summed E-state index contributed by atoms with van der Waals surface area (Å²) < 4.78 is 58.1. The number of anilines is 2. The third-order valence-electron chi connectivity index (χ3n) is 20.7. The van der Waals surface area contributed by atoms with Gasteiger partial charge in [-0.2, -0.15) is 9.97 Å². The Morgan fingerprint density at radius 3 is 2.18 bits per heavy atom. The number of hydrogen-bond acceptors (Lipinski definition) is 13. The van der Waals surface area contributed by atoms with Crippen LogP contribution in [0.3, 0.4) is 0 Å². The Balaban J connectivity index is 0.751. The molecule has 4 aromatic carbocycles. The van der Waals surface area contributed by atoms with Gasteiger partial charge in [0.1, 0.15) is 36.7 Å². The summed E-state index contributed by atoms with van der Waals surface area (Å²) in [6.45, 7) is 24.1. The van der Waals surface area contributed by atoms with Crippen molar-refractivity contribution in [3.05, 3.63) is 77.4 Å². The molecule has 1 atom stereocenters. The number of nitrogens with zero attached hydrogens (tertiary/aromatic N) is 7. The summed E-state index contributed by atoms with van der Waals surface area (Å²) in [7, 11) is 0.751. The van der Waals surface area contributed by atoms with Crippen LogP contribution >= 0.6 is 0 Å². The van der Waals surface area contributed by atoms with E-state index in [1.807, 2.05) is 28.9 Å². The first-order chi connectivity index (χ1) is 42.1. The molecule has 0 radical (unpaired) electrons. The van der Waals surface area contributed by atoms with E-state index in [0.717, 1.165) is 71.4 Å². The second kappa shape index (κ2) is 25.8. The van der Waals surface area contributed by atoms with Crippen LogP contribution in [-0.4, -0.2) is 161 Å². The molecule has 0 unspecified atom stereocenters. The molecule has 88 heavy (non-hydrogen) atoms. The van der Waals surface area contributed by atoms with Crippen molar-refractivity contribution < 1.29 is 47.2 Å². The van der Waals surface area contributed by atoms with E-state index < -0.39 is 31.3 Å². The van der Waals surface area contributed by atoms with Crippen LogP contribution in [0.15, 0.2) is 54.6 Å². The van der Waals surface area contributed by atoms with Crippen LogP contribution in [0.2, 0.25) is 16.6 Å². The average molecular weight is 1230 g/mol. The first kappa shape index (κ1) is 63.1. The van der Waals surface area contributed by atoms with Gasteiger partial charge in [0.2, 0.25) is 5.91 Å². The van der Waals surface area contributed by atoms with Crippen LogP contribution < -0.4 is 29.3 Å². The lowest BCUT2D eigenvalue weighted by molar-refractivity contribution is -0.120. The van der Waals surface area contributed by atoms with E-state index in [2.05, 4.69) is 68.1 Å². The molecule has 16 nitrogen and oxygen atoms in total. The third-order valence-corrected chi connectivity index (χ3v) is 27.0. The topological polar surface area (TPSA) is 162 Å². The van der Waals surface area contributed by atoms with Crippen LogP contribution in [0.4, 0.5) is 25.1 Å². The van der Waals surface area contributed by atoms with Gasteiger partial charge in [-0.15, -0.1) is 5.54 Å². The summed E-state index contributed by atoms with van der Waals surface area (Å²) in [4.78, 5) is 59.0. The quantitative estimate of drug-likeness (QED) is 0.0485. The van der Waals surface area contributed by atoms with Gasteiger partial charge in [-0.25, -0.2) is 13.6 Å². The molecule has 6 aliphatic rings. The van der Waals surface area contributed by atoms with E-state index in [9.17, 15) is 19.5 Å². The number of carbonyl (C=O) groups excluding carboxylic acids is 3. The number of halogens is 2. The van der Waals surface area contributed by atoms with Crippen molar-refractivity contribution in [3.8, 4) is 40.1 Å². The molecule has 19 heteroatoms. The number of ether oxygens (including phenoxy) is 4. The van der Waals surface area contributed by atoms with Gasteiger partial charge in [0, 0.05) is 113 Å². The second-order valence-corrected chi connectivity index (χ2v) is 33.2. The van der Waals surface area contributed by atoms with Crippen LogP contribution in [0.25, 0.3) is 32.8 Å². The van der Waals surface area contributed by atoms with E-state index >= 15 is 8.78 Å². The highest BCUT2D eigenvalue weighted by atomic mass is 28.3. The van der Waals surface area contributed by atoms with Gasteiger partial charge in [-0.3, -0.25) is 19.8 Å². The number of likely N-dealkylation sites (tertiary alicyclic amines) is 1. The lowest BCUT2D eigenvalue weighted by atomic mass is 9.65. The van der Waals surface area contributed by atoms with Crippen molar-refractivity contribution in [3.63, 3.8) is 0 Å². The van der Waals surface area contributed by atoms with Crippen molar-refractivity contribution in [2.45, 2.75) is 141 Å². The molecule has 6 fully saturated rings. The Morgan fingerprint density at radius 2 is 1.52 bits per heavy atom. The first-order valence-corrected chi connectivity index (χ1v) is 34.4. The predicted molar refractivity (Wildman–Crippen MR) is 343 cm³/mol. The summed E-state index contributed by atoms with van der Waals surface area (Å²) in [5, 5.41) is 15.4. The molecule has 2 saturated carbocycles. The number of β-amino-alcohol motifs (C(OH)–C–C–N with tert-alkyl or cyclic N) is 1. The van der Waals surface area contributed by atoms with E-state index in [4.69, 9.17) is 28.9 Å². The van der Waals surface area contributed by atoms with E-state index in [-0.39, 0.29) is 65.1 Å². The number of urea groups is 1. The highest BCUT2D eigenvalue weighted by Crippen LogP contribution is 2.49. The molecule has 2 aliphatic carbocycles. The summed E-state index contributed by atoms with van der Waals surface area (Å²) in [5.41, 5.74) is 5.81. The molecule has 4 amide bonds. The molecule has 4 saturated heterocycles. The number of fused-ring (bicyclic) bond motifs is 2. The number of hydrogen-bond donors (Lipinski definition) is 2. The molecule has 1 spiro atoms. The molecule has 5 aromatic rings. The Kier molecular flexibility index (Phi) is 18.5. The minimum Gasteiger partial charge on any atom is -0.495 e. The van der Waals surface area contributed by atoms with Crippen molar-refractivity contribution >= 4 is 59.1 Å². The summed E-state index contributed by atoms with van der Waals surface area (Å²) in [6.07, 6.45) is 10.3. The number of aliphatic hydroxyl groups is 1. The predicted octanol–water partition coefficient (Wildman–Crippen LogP) is 12.0. The zero-order chi connectivity index (χ0) is 62.3. The van der Waals surface area contributed by atoms with Crippen LogP contribution in [0, 0.1) is 39.8 Å². The van der Waals surface area contributed by atoms with Gasteiger partial charge in [0.05, 0.1) is 30.6 Å². The van der Waals surface area contributed by atoms with Gasteiger partial charge in [-0.05, 0) is 153 Å². The SMILES string of the molecule is COCOc1cc(-c2ccc3c(N4CCC[C@@](C)(O)C4)nc(OCC4(CN5CCN(CC6CCC7(CC6)CCN(C(=O)c6ccc(OC)c(N8CCC(=O)NC8=O)c6)CC7)CC5)CC4)nc3c2F)c2c(C#C[Si](C(C)C)(C(C)C)C(C)C)c(F)ccc2c1. The van der Waals surface area contributed by atoms with Crippen molar-refractivity contribution in [2.75, 3.05) is 109 Å². The number of nitrogens with one attached hydrogen (secondary N) is 1. The zero-order valence-corrected chi connectivity index (χ0v) is 54.2. The summed E-state index contributed by atoms with van der Waals surface area (Å²) in [6, 6.07) is 15.0. The molecule has 472 valence electrons. The number of rotatable bonds is 18. The van der Waals surface area contributed by atoms with Gasteiger partial charge >= 0.3 is 12.0 Å². The monoisotopic (exact) mass is 1220 g/mol. The number of benzene rings is 4. The lowest BCUT2D eigenvalue weighted by Crippen LogP contribution is -2.50. The number of amides is 4. The number of carbonyl (C=O) groups is 3. The van der Waals surface area contributed by atoms with Crippen molar-refractivity contribution in [2.24, 2.45) is 16.7 Å². The number of piperazine rings is 1. The normalized spacial score (nSPS) is 21.1. The van der Waals surface area contributed by atoms with Gasteiger partial charge in [0.25, 0.3) is 5.91 Å². The Bertz CT molecular complexity index is 3460. The van der Waals surface area contributed by atoms with E-state index in [1.54, 1.807) is 36.4 Å². The molecule has 2 N–H and O–H groups in total. The van der Waals surface area contributed by atoms with E-state index in [1.165, 1.54) is 50.9 Å². The minimum absolute atomic E-state index is 0.0381. The maximum Gasteiger partial charge on any atom is 0.328 e. The molecule has 0 bridgehead atoms. The Morgan fingerprint density at radius 1 is 0.807 bits per heavy atom. The maximum atomic E-state index is 18.1. The number of methoxy groups -OCH3 is 2. The zero-order valence-electron chi connectivity index (χ0n) is 53.2. The minimum atomic E-state index is -2.32. The third kappa shape index (κ3) is 13.1. The maximum absolute atomic E-state index is 18.1. The largest absolute Gasteiger partial charge is 0.495 e. The van der Waals surface area contributed by atoms with E-state index in [0.29, 0.717) is 112 Å². The summed E-state index contributed by atoms with van der Waals surface area (Å²) >= 11 is 0. The molecule has 5 heterocycles. The molecular weight excluding hydrogens is 1130 g/mol. The molecule has 11 rings (SSSR count). The molecular formula is C69H90F2N8O8Si. The Labute approximate surface area is 519 Å². The summed E-state index contributed by atoms with van der Waals surface area (Å²) in [5.74, 6) is 4.01. The number of aromatic nitrogens is 2. The fraction of sp³-hybridized carbons (Fsp3) is 0.580. The van der Waals surface area contributed by atoms with Crippen molar-refractivity contribution in [1.82, 2.24) is 30.0 Å². The molecule has 4 aliphatic heterocycles. The number of imide groups is 1. The lowest BCUT2D eigenvalue weighted by Gasteiger charge is -2.47. The average Bonchev–Trinajstić information content (AvgIpc) is 1.25. The smallest absolute Gasteiger partial charge is 0.328 e. The van der Waals surface area contributed by atoms with Gasteiger partial charge in [-0.1, -0.05) is 59.6 Å². The molecule has 1 aromatic heterocycles. The van der Waals surface area contributed by atoms with Crippen LogP contribution in [0.5, 0.6) is 17.5 Å². The Hall–Kier alpha value is -6.43. The second-order valence-electron chi connectivity index (χ2n) is 27.6. The van der Waals surface area contributed by atoms with Crippen LogP contribution in [-0.2, 0) is 9.53 Å². The standard InChI is InChI=1S/C69H90F2N8O8Si/c1-45(2)88(46(3)4,47(5)6)36-20-53-56(70)15-11-49-37-51(87-44-84-8)39-55(60(49)53)52-13-14-54-62(61(52)71)73-65(74-63(54)78-28-10-21-67(7,83)41-78)86-43-69(24-25-69)42-76-34-32-75(33-35-76)40-48-17-22-68(23-18-48)26-30-77(31-27-68)64(81)50-12-16-58(85-9)57(38-50)79-29-19-59(80)72-66(79)82/h11-16,37-39,45-48,83H,10,17-19,21-35,40-44H2,1-9H3,(H,72,80,82)/t67-/m1/s1. The number of piperidine rings is 2. The van der Waals surface area contributed by atoms with Crippen molar-refractivity contribution in [1.29, 1.82) is 0 Å². The highest BCUT2D eigenvalue weighted by Gasteiger charge is 2.47. The fourth-order valence-electron chi connectivity index (χ4n) is 15.5. The van der Waals surface area contributed by atoms with Gasteiger partial charge < -0.3 is 43.7 Å². The highest BCUT2D eigenvalue weighted by molar-refractivity contribution is 6.90. The van der Waals surface area contributed by atoms with Gasteiger partial charge in [0.15, 0.2) is 12.6 Å². The van der Waals surface area contributed by atoms with Crippen LogP contribution in [0.1, 0.15) is 135 Å². The first-order valence-electron chi connectivity index (χ1n) is 32.2.